The largest absolute Gasteiger partial charge is 0.375 e. The molecule has 27 heavy (non-hydrogen) atoms. The number of nitrogens with zero attached hydrogens (tertiary/aromatic N) is 3. The van der Waals surface area contributed by atoms with Gasteiger partial charge in [-0.25, -0.2) is 4.68 Å². The Hall–Kier alpha value is -1.27. The maximum absolute atomic E-state index is 13.3. The summed E-state index contributed by atoms with van der Waals surface area (Å²) in [6.45, 7) is 13.8. The van der Waals surface area contributed by atoms with Crippen molar-refractivity contribution in [2.45, 2.75) is 105 Å². The average Bonchev–Trinajstić information content (AvgIpc) is 3.18. The van der Waals surface area contributed by atoms with E-state index in [4.69, 9.17) is 10.5 Å². The molecule has 0 fully saturated rings. The van der Waals surface area contributed by atoms with Crippen molar-refractivity contribution in [3.05, 3.63) is 11.9 Å². The van der Waals surface area contributed by atoms with Crippen LogP contribution in [0.5, 0.6) is 0 Å². The Labute approximate surface area is 165 Å². The fourth-order valence-electron chi connectivity index (χ4n) is 3.16. The molecule has 0 radical (unpaired) electrons. The van der Waals surface area contributed by atoms with Crippen molar-refractivity contribution in [1.29, 1.82) is 0 Å². The minimum absolute atomic E-state index is 0.0415. The van der Waals surface area contributed by atoms with Gasteiger partial charge in [0.15, 0.2) is 5.78 Å². The second kappa shape index (κ2) is 10.9. The van der Waals surface area contributed by atoms with Crippen molar-refractivity contribution in [2.24, 2.45) is 11.1 Å². The average molecular weight is 381 g/mol. The van der Waals surface area contributed by atoms with E-state index >= 15 is 0 Å². The fourth-order valence-corrected chi connectivity index (χ4v) is 3.16. The number of hydrogen-bond acceptors (Lipinski definition) is 5. The molecule has 1 aromatic rings. The predicted octanol–water partition coefficient (Wildman–Crippen LogP) is 4.44. The van der Waals surface area contributed by atoms with E-state index in [1.54, 1.807) is 4.68 Å². The predicted molar refractivity (Wildman–Crippen MR) is 109 cm³/mol. The fraction of sp³-hybridized carbons (Fsp3) is 0.857. The molecule has 6 heteroatoms. The molecule has 1 rings (SSSR count). The molecule has 0 aliphatic heterocycles. The topological polar surface area (TPSA) is 83.0 Å². The molecule has 1 unspecified atom stereocenters. The van der Waals surface area contributed by atoms with Crippen LogP contribution in [0.2, 0.25) is 0 Å². The number of ether oxygens (including phenoxy) is 1. The molecule has 0 amide bonds. The van der Waals surface area contributed by atoms with Crippen molar-refractivity contribution < 1.29 is 9.53 Å². The van der Waals surface area contributed by atoms with E-state index < -0.39 is 0 Å². The van der Waals surface area contributed by atoms with Crippen LogP contribution in [0.3, 0.4) is 0 Å². The Morgan fingerprint density at radius 1 is 1.15 bits per heavy atom. The van der Waals surface area contributed by atoms with E-state index in [0.29, 0.717) is 12.2 Å². The number of hydrogen-bond donors (Lipinski definition) is 1. The first-order chi connectivity index (χ1) is 12.8. The van der Waals surface area contributed by atoms with Gasteiger partial charge in [-0.1, -0.05) is 39.8 Å². The molecule has 1 aromatic heterocycles. The summed E-state index contributed by atoms with van der Waals surface area (Å²) >= 11 is 0. The van der Waals surface area contributed by atoms with Crippen molar-refractivity contribution in [3.63, 3.8) is 0 Å². The van der Waals surface area contributed by atoms with Gasteiger partial charge in [0.2, 0.25) is 0 Å². The Kier molecular flexibility index (Phi) is 9.60. The zero-order chi connectivity index (χ0) is 20.5. The zero-order valence-corrected chi connectivity index (χ0v) is 18.3. The zero-order valence-electron chi connectivity index (χ0n) is 18.3. The van der Waals surface area contributed by atoms with Gasteiger partial charge >= 0.3 is 0 Å². The number of nitrogens with two attached hydrogens (primary N) is 1. The molecule has 0 spiro atoms. The molecule has 2 N–H and O–H groups in total. The van der Waals surface area contributed by atoms with Gasteiger partial charge < -0.3 is 10.5 Å². The van der Waals surface area contributed by atoms with Crippen molar-refractivity contribution in [3.8, 4) is 0 Å². The van der Waals surface area contributed by atoms with Crippen molar-refractivity contribution in [1.82, 2.24) is 15.0 Å². The third-order valence-corrected chi connectivity index (χ3v) is 6.36. The number of unbranched alkanes of at least 4 members (excludes halogenated alkanes) is 1. The minimum Gasteiger partial charge on any atom is -0.375 e. The Bertz CT molecular complexity index is 562. The maximum Gasteiger partial charge on any atom is 0.163 e. The molecule has 6 nitrogen and oxygen atoms in total. The van der Waals surface area contributed by atoms with Gasteiger partial charge in [0.05, 0.1) is 17.5 Å². The lowest BCUT2D eigenvalue weighted by molar-refractivity contribution is -0.132. The van der Waals surface area contributed by atoms with Crippen molar-refractivity contribution >= 4 is 5.78 Å². The molecule has 0 bridgehead atoms. The second-order valence-corrected chi connectivity index (χ2v) is 8.04. The molecule has 1 heterocycles. The van der Waals surface area contributed by atoms with E-state index in [0.717, 1.165) is 51.6 Å². The number of Topliss-reactive ketones (excluding diaryl/α,β-unsaturated/α-hetero) is 1. The quantitative estimate of drug-likeness (QED) is 0.482. The standard InChI is InChI=1S/C21H40N4O2/c1-7-20(5,8-2)19(26)18(25-16-17(15-22)23-24-25)13-11-12-14-27-21(6,9-3)10-4/h16,18H,7-15,22H2,1-6H3. The molecular weight excluding hydrogens is 340 g/mol. The van der Waals surface area contributed by atoms with E-state index in [2.05, 4.69) is 51.9 Å². The number of carbonyl (C=O) groups is 1. The minimum atomic E-state index is -0.334. The Morgan fingerprint density at radius 3 is 2.26 bits per heavy atom. The highest BCUT2D eigenvalue weighted by molar-refractivity contribution is 5.87. The Morgan fingerprint density at radius 2 is 1.78 bits per heavy atom. The monoisotopic (exact) mass is 380 g/mol. The highest BCUT2D eigenvalue weighted by Crippen LogP contribution is 2.33. The van der Waals surface area contributed by atoms with Gasteiger partial charge in [-0.05, 0) is 51.9 Å². The maximum atomic E-state index is 13.3. The molecule has 0 aliphatic carbocycles. The molecule has 0 aromatic carbocycles. The van der Waals surface area contributed by atoms with Crippen LogP contribution in [-0.4, -0.2) is 33.0 Å². The van der Waals surface area contributed by atoms with Gasteiger partial charge in [-0.2, -0.15) is 0 Å². The van der Waals surface area contributed by atoms with Crippen LogP contribution in [0.25, 0.3) is 0 Å². The lowest BCUT2D eigenvalue weighted by atomic mass is 9.76. The molecule has 0 saturated carbocycles. The first-order valence-electron chi connectivity index (χ1n) is 10.6. The van der Waals surface area contributed by atoms with E-state index in [1.807, 2.05) is 6.20 Å². The van der Waals surface area contributed by atoms with Gasteiger partial charge in [-0.15, -0.1) is 5.10 Å². The second-order valence-electron chi connectivity index (χ2n) is 8.04. The highest BCUT2D eigenvalue weighted by atomic mass is 16.5. The highest BCUT2D eigenvalue weighted by Gasteiger charge is 2.36. The Balaban J connectivity index is 2.77. The van der Waals surface area contributed by atoms with Crippen LogP contribution in [0, 0.1) is 5.41 Å². The van der Waals surface area contributed by atoms with E-state index in [-0.39, 0.29) is 22.8 Å². The van der Waals surface area contributed by atoms with Gasteiger partial charge in [0, 0.05) is 18.6 Å². The summed E-state index contributed by atoms with van der Waals surface area (Å²) < 4.78 is 7.79. The summed E-state index contributed by atoms with van der Waals surface area (Å²) in [6, 6.07) is -0.286. The summed E-state index contributed by atoms with van der Waals surface area (Å²) in [5.74, 6) is 0.244. The molecule has 0 aliphatic rings. The summed E-state index contributed by atoms with van der Waals surface area (Å²) in [7, 11) is 0. The third-order valence-electron chi connectivity index (χ3n) is 6.36. The van der Waals surface area contributed by atoms with Gasteiger partial charge in [0.25, 0.3) is 0 Å². The molecule has 0 saturated heterocycles. The number of ketones is 1. The molecular formula is C21H40N4O2. The lowest BCUT2D eigenvalue weighted by Gasteiger charge is -2.30. The summed E-state index contributed by atoms with van der Waals surface area (Å²) in [4.78, 5) is 13.3. The van der Waals surface area contributed by atoms with Crippen LogP contribution in [0.4, 0.5) is 0 Å². The summed E-state index contributed by atoms with van der Waals surface area (Å²) in [5, 5.41) is 8.27. The molecule has 156 valence electrons. The van der Waals surface area contributed by atoms with E-state index in [1.165, 1.54) is 0 Å². The van der Waals surface area contributed by atoms with Gasteiger partial charge in [0.1, 0.15) is 6.04 Å². The van der Waals surface area contributed by atoms with Crippen LogP contribution < -0.4 is 5.73 Å². The van der Waals surface area contributed by atoms with Crippen LogP contribution in [-0.2, 0) is 16.1 Å². The number of rotatable bonds is 14. The summed E-state index contributed by atoms with van der Waals surface area (Å²) in [5.41, 5.74) is 6.01. The van der Waals surface area contributed by atoms with Crippen LogP contribution in [0.15, 0.2) is 6.20 Å². The van der Waals surface area contributed by atoms with Gasteiger partial charge in [-0.3, -0.25) is 4.79 Å². The number of aromatic nitrogens is 3. The molecule has 1 atom stereocenters. The smallest absolute Gasteiger partial charge is 0.163 e. The lowest BCUT2D eigenvalue weighted by Crippen LogP contribution is -2.34. The SMILES string of the molecule is CCC(C)(CC)OCCCCC(C(=O)C(C)(CC)CC)n1cc(CN)nn1. The first kappa shape index (κ1) is 23.8. The van der Waals surface area contributed by atoms with Crippen molar-refractivity contribution in [2.75, 3.05) is 6.61 Å². The van der Waals surface area contributed by atoms with Crippen LogP contribution in [0.1, 0.15) is 98.2 Å². The number of carbonyl (C=O) groups excluding carboxylic acids is 1. The van der Waals surface area contributed by atoms with Crippen LogP contribution >= 0.6 is 0 Å². The summed E-state index contributed by atoms with van der Waals surface area (Å²) in [6.07, 6.45) is 8.09. The first-order valence-corrected chi connectivity index (χ1v) is 10.6. The normalized spacial score (nSPS) is 13.7. The van der Waals surface area contributed by atoms with E-state index in [9.17, 15) is 4.79 Å². The third kappa shape index (κ3) is 6.39.